The summed E-state index contributed by atoms with van der Waals surface area (Å²) in [6.45, 7) is 1.87. The van der Waals surface area contributed by atoms with E-state index in [1.54, 1.807) is 10.6 Å². The minimum absolute atomic E-state index is 0.277. The molecule has 2 heterocycles. The fourth-order valence-electron chi connectivity index (χ4n) is 2.72. The van der Waals surface area contributed by atoms with Crippen LogP contribution < -0.4 is 5.32 Å². The molecule has 26 heavy (non-hydrogen) atoms. The molecule has 0 aliphatic carbocycles. The number of nitrogens with one attached hydrogen (secondary N) is 1. The Morgan fingerprint density at radius 1 is 1.04 bits per heavy atom. The number of anilines is 1. The fourth-order valence-corrected chi connectivity index (χ4v) is 2.72. The molecule has 6 heteroatoms. The van der Waals surface area contributed by atoms with Gasteiger partial charge in [-0.2, -0.15) is 5.10 Å². The van der Waals surface area contributed by atoms with E-state index < -0.39 is 0 Å². The van der Waals surface area contributed by atoms with Crippen molar-refractivity contribution in [1.82, 2.24) is 14.6 Å². The monoisotopic (exact) mass is 346 g/mol. The van der Waals surface area contributed by atoms with E-state index in [0.29, 0.717) is 11.3 Å². The van der Waals surface area contributed by atoms with Crippen molar-refractivity contribution in [3.05, 3.63) is 83.9 Å². The minimum Gasteiger partial charge on any atom is -0.321 e. The number of rotatable bonds is 3. The molecular formula is C20H15FN4O. The molecule has 0 saturated heterocycles. The van der Waals surface area contributed by atoms with Crippen molar-refractivity contribution in [3.63, 3.8) is 0 Å². The summed E-state index contributed by atoms with van der Waals surface area (Å²) in [6.07, 6.45) is 0. The quantitative estimate of drug-likeness (QED) is 0.608. The highest BCUT2D eigenvalue weighted by Gasteiger charge is 2.13. The first-order chi connectivity index (χ1) is 12.6. The molecule has 0 atom stereocenters. The maximum absolute atomic E-state index is 13.0. The second-order valence-electron chi connectivity index (χ2n) is 5.91. The van der Waals surface area contributed by atoms with Gasteiger partial charge in [-0.1, -0.05) is 30.3 Å². The summed E-state index contributed by atoms with van der Waals surface area (Å²) < 4.78 is 14.7. The Morgan fingerprint density at radius 2 is 1.77 bits per heavy atom. The molecule has 4 rings (SSSR count). The number of aromatic nitrogens is 3. The normalized spacial score (nSPS) is 10.8. The van der Waals surface area contributed by atoms with E-state index in [4.69, 9.17) is 0 Å². The van der Waals surface area contributed by atoms with Crippen molar-refractivity contribution in [2.75, 3.05) is 5.32 Å². The summed E-state index contributed by atoms with van der Waals surface area (Å²) in [6, 6.07) is 18.9. The van der Waals surface area contributed by atoms with Crippen LogP contribution in [0.1, 0.15) is 16.2 Å². The molecular weight excluding hydrogens is 331 g/mol. The predicted octanol–water partition coefficient (Wildman–Crippen LogP) is 4.10. The zero-order chi connectivity index (χ0) is 18.1. The number of amides is 1. The van der Waals surface area contributed by atoms with E-state index in [2.05, 4.69) is 15.4 Å². The molecule has 5 nitrogen and oxygen atoms in total. The second-order valence-corrected chi connectivity index (χ2v) is 5.91. The van der Waals surface area contributed by atoms with Gasteiger partial charge in [0.25, 0.3) is 5.91 Å². The van der Waals surface area contributed by atoms with Crippen LogP contribution in [0, 0.1) is 12.7 Å². The number of carbonyl (C=O) groups is 1. The molecule has 128 valence electrons. The van der Waals surface area contributed by atoms with Crippen LogP contribution in [-0.2, 0) is 0 Å². The summed E-state index contributed by atoms with van der Waals surface area (Å²) in [5, 5.41) is 7.28. The molecule has 0 unspecified atom stereocenters. The van der Waals surface area contributed by atoms with Crippen molar-refractivity contribution in [3.8, 4) is 11.3 Å². The van der Waals surface area contributed by atoms with Crippen molar-refractivity contribution in [2.24, 2.45) is 0 Å². The summed E-state index contributed by atoms with van der Waals surface area (Å²) in [7, 11) is 0. The Labute approximate surface area is 149 Å². The van der Waals surface area contributed by atoms with Crippen LogP contribution in [0.15, 0.2) is 66.7 Å². The number of halogens is 1. The van der Waals surface area contributed by atoms with Gasteiger partial charge in [-0.25, -0.2) is 13.9 Å². The van der Waals surface area contributed by atoms with Gasteiger partial charge in [-0.15, -0.1) is 0 Å². The predicted molar refractivity (Wildman–Crippen MR) is 97.5 cm³/mol. The maximum atomic E-state index is 13.0. The van der Waals surface area contributed by atoms with Crippen molar-refractivity contribution in [2.45, 2.75) is 6.92 Å². The first-order valence-electron chi connectivity index (χ1n) is 8.10. The molecule has 0 radical (unpaired) electrons. The minimum atomic E-state index is -0.357. The van der Waals surface area contributed by atoms with E-state index in [9.17, 15) is 9.18 Å². The molecule has 0 bridgehead atoms. The molecule has 0 aliphatic heterocycles. The van der Waals surface area contributed by atoms with E-state index in [1.165, 1.54) is 24.3 Å². The highest BCUT2D eigenvalue weighted by molar-refractivity contribution is 6.03. The zero-order valence-electron chi connectivity index (χ0n) is 14.0. The van der Waals surface area contributed by atoms with E-state index in [1.807, 2.05) is 43.3 Å². The molecule has 0 aliphatic rings. The first-order valence-corrected chi connectivity index (χ1v) is 8.10. The zero-order valence-corrected chi connectivity index (χ0v) is 14.0. The average molecular weight is 346 g/mol. The average Bonchev–Trinajstić information content (AvgIpc) is 3.09. The summed E-state index contributed by atoms with van der Waals surface area (Å²) >= 11 is 0. The Kier molecular flexibility index (Phi) is 3.93. The number of hydrogen-bond donors (Lipinski definition) is 1. The van der Waals surface area contributed by atoms with Gasteiger partial charge in [-0.05, 0) is 37.3 Å². The third-order valence-electron chi connectivity index (χ3n) is 4.01. The smallest absolute Gasteiger partial charge is 0.274 e. The number of fused-ring (bicyclic) bond motifs is 1. The lowest BCUT2D eigenvalue weighted by atomic mass is 10.2. The largest absolute Gasteiger partial charge is 0.321 e. The number of benzene rings is 2. The molecule has 0 saturated carbocycles. The maximum Gasteiger partial charge on any atom is 0.274 e. The van der Waals surface area contributed by atoms with Crippen LogP contribution in [0.25, 0.3) is 16.9 Å². The lowest BCUT2D eigenvalue weighted by Gasteiger charge is -2.06. The number of carbonyl (C=O) groups excluding carboxylic acids is 1. The van der Waals surface area contributed by atoms with Gasteiger partial charge in [0.15, 0.2) is 5.65 Å². The van der Waals surface area contributed by atoms with Crippen LogP contribution in [0.2, 0.25) is 0 Å². The van der Waals surface area contributed by atoms with E-state index >= 15 is 0 Å². The summed E-state index contributed by atoms with van der Waals surface area (Å²) in [5.74, 6) is -0.712. The Hall–Kier alpha value is -3.54. The van der Waals surface area contributed by atoms with Gasteiger partial charge in [0.2, 0.25) is 0 Å². The van der Waals surface area contributed by atoms with E-state index in [-0.39, 0.29) is 17.4 Å². The van der Waals surface area contributed by atoms with E-state index in [0.717, 1.165) is 17.0 Å². The van der Waals surface area contributed by atoms with Crippen LogP contribution in [-0.4, -0.2) is 20.5 Å². The molecule has 1 N–H and O–H groups in total. The third-order valence-corrected chi connectivity index (χ3v) is 4.01. The van der Waals surface area contributed by atoms with Gasteiger partial charge >= 0.3 is 0 Å². The highest BCUT2D eigenvalue weighted by Crippen LogP contribution is 2.20. The van der Waals surface area contributed by atoms with Crippen LogP contribution in [0.3, 0.4) is 0 Å². The lowest BCUT2D eigenvalue weighted by molar-refractivity contribution is 0.102. The van der Waals surface area contributed by atoms with Gasteiger partial charge in [0, 0.05) is 23.0 Å². The second kappa shape index (κ2) is 6.40. The van der Waals surface area contributed by atoms with Crippen LogP contribution >= 0.6 is 0 Å². The van der Waals surface area contributed by atoms with Crippen molar-refractivity contribution in [1.29, 1.82) is 0 Å². The lowest BCUT2D eigenvalue weighted by Crippen LogP contribution is -2.15. The standard InChI is InChI=1S/C20H15FN4O/c1-13-11-18(20(26)22-16-9-7-15(21)8-10-16)23-19-12-17(24-25(13)19)14-5-3-2-4-6-14/h2-12H,1H3,(H,22,26). The van der Waals surface area contributed by atoms with Crippen LogP contribution in [0.4, 0.5) is 10.1 Å². The fraction of sp³-hybridized carbons (Fsp3) is 0.0500. The number of aryl methyl sites for hydroxylation is 1. The molecule has 4 aromatic rings. The van der Waals surface area contributed by atoms with Gasteiger partial charge < -0.3 is 5.32 Å². The number of hydrogen-bond acceptors (Lipinski definition) is 3. The van der Waals surface area contributed by atoms with Gasteiger partial charge in [-0.3, -0.25) is 4.79 Å². The third kappa shape index (κ3) is 3.04. The molecule has 2 aromatic carbocycles. The summed E-state index contributed by atoms with van der Waals surface area (Å²) in [4.78, 5) is 16.9. The topological polar surface area (TPSA) is 59.3 Å². The molecule has 1 amide bonds. The SMILES string of the molecule is Cc1cc(C(=O)Nc2ccc(F)cc2)nc2cc(-c3ccccc3)nn12. The molecule has 0 spiro atoms. The molecule has 2 aromatic heterocycles. The van der Waals surface area contributed by atoms with Gasteiger partial charge in [0.05, 0.1) is 5.69 Å². The van der Waals surface area contributed by atoms with Crippen molar-refractivity contribution < 1.29 is 9.18 Å². The first kappa shape index (κ1) is 16.0. The Morgan fingerprint density at radius 3 is 2.50 bits per heavy atom. The Balaban J connectivity index is 1.68. The van der Waals surface area contributed by atoms with Gasteiger partial charge in [0.1, 0.15) is 11.5 Å². The highest BCUT2D eigenvalue weighted by atomic mass is 19.1. The summed E-state index contributed by atoms with van der Waals surface area (Å²) in [5.41, 5.74) is 3.94. The van der Waals surface area contributed by atoms with Crippen LogP contribution in [0.5, 0.6) is 0 Å². The molecule has 0 fully saturated rings. The number of nitrogens with zero attached hydrogens (tertiary/aromatic N) is 3. The van der Waals surface area contributed by atoms with Crippen molar-refractivity contribution >= 4 is 17.2 Å². The Bertz CT molecular complexity index is 1090.